The zero-order valence-electron chi connectivity index (χ0n) is 26.0. The molecule has 10 nitrogen and oxygen atoms in total. The normalized spacial score (nSPS) is 16.6. The van der Waals surface area contributed by atoms with Crippen molar-refractivity contribution in [1.29, 1.82) is 0 Å². The van der Waals surface area contributed by atoms with Gasteiger partial charge in [-0.15, -0.1) is 0 Å². The number of urea groups is 1. The average molecular weight is 611 g/mol. The fourth-order valence-electron chi connectivity index (χ4n) is 5.70. The van der Waals surface area contributed by atoms with E-state index < -0.39 is 12.1 Å². The summed E-state index contributed by atoms with van der Waals surface area (Å²) in [5, 5.41) is 18.9. The summed E-state index contributed by atoms with van der Waals surface area (Å²) >= 11 is 0. The van der Waals surface area contributed by atoms with Gasteiger partial charge in [-0.25, -0.2) is 9.59 Å². The smallest absolute Gasteiger partial charge is 0.409 e. The highest BCUT2D eigenvalue weighted by Crippen LogP contribution is 2.39. The number of amides is 4. The van der Waals surface area contributed by atoms with Gasteiger partial charge >= 0.3 is 12.1 Å². The van der Waals surface area contributed by atoms with E-state index in [2.05, 4.69) is 16.0 Å². The number of anilines is 3. The van der Waals surface area contributed by atoms with Gasteiger partial charge in [0.1, 0.15) is 6.10 Å². The summed E-state index contributed by atoms with van der Waals surface area (Å²) in [7, 11) is 1.41. The first-order valence-corrected chi connectivity index (χ1v) is 14.8. The molecule has 4 aromatic rings. The van der Waals surface area contributed by atoms with Gasteiger partial charge in [0, 0.05) is 17.5 Å². The molecule has 2 atom stereocenters. The molecule has 10 heteroatoms. The Kier molecular flexibility index (Phi) is 8.96. The molecular weight excluding hydrogens is 572 g/mol. The van der Waals surface area contributed by atoms with E-state index in [4.69, 9.17) is 9.47 Å². The molecule has 4 amide bonds. The molecule has 234 valence electrons. The Morgan fingerprint density at radius 2 is 1.49 bits per heavy atom. The molecule has 0 aliphatic carbocycles. The Bertz CT molecular complexity index is 1730. The van der Waals surface area contributed by atoms with E-state index >= 15 is 0 Å². The maximum Gasteiger partial charge on any atom is 0.409 e. The second kappa shape index (κ2) is 12.9. The van der Waals surface area contributed by atoms with Crippen LogP contribution < -0.4 is 20.7 Å². The first-order valence-electron chi connectivity index (χ1n) is 14.8. The van der Waals surface area contributed by atoms with Crippen LogP contribution in [0.4, 0.5) is 26.7 Å². The Morgan fingerprint density at radius 1 is 0.867 bits per heavy atom. The van der Waals surface area contributed by atoms with Gasteiger partial charge in [0.2, 0.25) is 0 Å². The van der Waals surface area contributed by atoms with Gasteiger partial charge in [-0.1, -0.05) is 75.4 Å². The van der Waals surface area contributed by atoms with Crippen molar-refractivity contribution < 1.29 is 29.0 Å². The summed E-state index contributed by atoms with van der Waals surface area (Å²) in [6.07, 6.45) is -1.49. The Labute approximate surface area is 262 Å². The van der Waals surface area contributed by atoms with Crippen LogP contribution in [0.2, 0.25) is 0 Å². The van der Waals surface area contributed by atoms with Crippen LogP contribution in [-0.4, -0.2) is 54.3 Å². The number of hydrogen-bond donors (Lipinski definition) is 4. The lowest BCUT2D eigenvalue weighted by molar-refractivity contribution is -0.0551. The van der Waals surface area contributed by atoms with Gasteiger partial charge in [-0.05, 0) is 53.1 Å². The number of methoxy groups -OCH3 is 1. The van der Waals surface area contributed by atoms with E-state index in [1.807, 2.05) is 87.2 Å². The fraction of sp³-hybridized carbons (Fsp3) is 0.286. The Morgan fingerprint density at radius 3 is 2.13 bits per heavy atom. The number of carbonyl (C=O) groups is 3. The van der Waals surface area contributed by atoms with E-state index in [1.54, 1.807) is 24.3 Å². The van der Waals surface area contributed by atoms with E-state index in [9.17, 15) is 19.5 Å². The number of ether oxygens (including phenoxy) is 2. The van der Waals surface area contributed by atoms with Crippen molar-refractivity contribution in [3.05, 3.63) is 95.6 Å². The minimum atomic E-state index is -1.25. The highest BCUT2D eigenvalue weighted by atomic mass is 16.5. The number of fused-ring (bicyclic) bond motifs is 1. The van der Waals surface area contributed by atoms with Crippen LogP contribution in [0, 0.1) is 0 Å². The van der Waals surface area contributed by atoms with Crippen molar-refractivity contribution in [2.75, 3.05) is 36.2 Å². The molecule has 0 aromatic heterocycles. The first kappa shape index (κ1) is 31.3. The van der Waals surface area contributed by atoms with E-state index in [-0.39, 0.29) is 34.9 Å². The number of carbonyl (C=O) groups excluding carboxylic acids is 2. The molecule has 0 bridgehead atoms. The molecule has 2 unspecified atom stereocenters. The molecule has 0 radical (unpaired) electrons. The summed E-state index contributed by atoms with van der Waals surface area (Å²) in [5.74, 6) is 0.0703. The van der Waals surface area contributed by atoms with Crippen LogP contribution in [0.3, 0.4) is 0 Å². The fourth-order valence-corrected chi connectivity index (χ4v) is 5.70. The topological polar surface area (TPSA) is 129 Å². The summed E-state index contributed by atoms with van der Waals surface area (Å²) in [4.78, 5) is 40.7. The highest BCUT2D eigenvalue weighted by molar-refractivity contribution is 6.13. The standard InChI is InChI=1S/C35H38N4O6/c1-21-30(22-11-7-6-8-12-22)45-18-17-39(21)32(40)26-15-16-27(25-14-10-9-13-24(25)26)36-33(41)37-28-19-23(35(2,3)4)20-29(31(28)44-5)38-34(42)43/h6-16,19-21,30,38H,17-18H2,1-5H3,(H,42,43)(H2,36,37,41). The van der Waals surface area contributed by atoms with Crippen molar-refractivity contribution in [2.45, 2.75) is 45.3 Å². The van der Waals surface area contributed by atoms with Crippen molar-refractivity contribution in [1.82, 2.24) is 4.90 Å². The second-order valence-corrected chi connectivity index (χ2v) is 12.0. The maximum absolute atomic E-state index is 14.0. The Balaban J connectivity index is 1.42. The van der Waals surface area contributed by atoms with Crippen LogP contribution in [0.5, 0.6) is 5.75 Å². The number of carboxylic acid groups (broad SMARTS) is 1. The molecule has 5 rings (SSSR count). The van der Waals surface area contributed by atoms with Crippen LogP contribution >= 0.6 is 0 Å². The maximum atomic E-state index is 14.0. The number of nitrogens with one attached hydrogen (secondary N) is 3. The van der Waals surface area contributed by atoms with Gasteiger partial charge < -0.3 is 30.1 Å². The predicted molar refractivity (Wildman–Crippen MR) is 176 cm³/mol. The predicted octanol–water partition coefficient (Wildman–Crippen LogP) is 7.48. The van der Waals surface area contributed by atoms with Gasteiger partial charge in [0.25, 0.3) is 5.91 Å². The van der Waals surface area contributed by atoms with E-state index in [0.29, 0.717) is 40.9 Å². The zero-order valence-corrected chi connectivity index (χ0v) is 26.0. The molecule has 1 aliphatic heterocycles. The van der Waals surface area contributed by atoms with Crippen molar-refractivity contribution >= 4 is 45.9 Å². The lowest BCUT2D eigenvalue weighted by atomic mass is 9.86. The molecule has 0 saturated carbocycles. The molecule has 1 saturated heterocycles. The SMILES string of the molecule is COc1c(NC(=O)O)cc(C(C)(C)C)cc1NC(=O)Nc1ccc(C(=O)N2CCOC(c3ccccc3)C2C)c2ccccc12. The van der Waals surface area contributed by atoms with E-state index in [1.165, 1.54) is 7.11 Å². The summed E-state index contributed by atoms with van der Waals surface area (Å²) in [6, 6.07) is 23.5. The number of hydrogen-bond acceptors (Lipinski definition) is 5. The van der Waals surface area contributed by atoms with Gasteiger partial charge in [-0.2, -0.15) is 0 Å². The van der Waals surface area contributed by atoms with Crippen LogP contribution in [0.1, 0.15) is 55.3 Å². The number of rotatable bonds is 6. The molecule has 45 heavy (non-hydrogen) atoms. The lowest BCUT2D eigenvalue weighted by Crippen LogP contribution is -2.48. The van der Waals surface area contributed by atoms with E-state index in [0.717, 1.165) is 11.1 Å². The molecule has 4 aromatic carbocycles. The van der Waals surface area contributed by atoms with Crippen LogP contribution in [0.25, 0.3) is 10.8 Å². The summed E-state index contributed by atoms with van der Waals surface area (Å²) in [5.41, 5.74) is 3.03. The van der Waals surface area contributed by atoms with Crippen molar-refractivity contribution in [2.24, 2.45) is 0 Å². The monoisotopic (exact) mass is 610 g/mol. The molecular formula is C35H38N4O6. The molecule has 1 heterocycles. The lowest BCUT2D eigenvalue weighted by Gasteiger charge is -2.39. The molecule has 1 fully saturated rings. The average Bonchev–Trinajstić information content (AvgIpc) is 3.00. The Hall–Kier alpha value is -5.09. The molecule has 0 spiro atoms. The summed E-state index contributed by atoms with van der Waals surface area (Å²) < 4.78 is 11.6. The number of benzene rings is 4. The minimum Gasteiger partial charge on any atom is -0.492 e. The minimum absolute atomic E-state index is 0.110. The number of nitrogens with zero attached hydrogens (tertiary/aromatic N) is 1. The molecule has 1 aliphatic rings. The largest absolute Gasteiger partial charge is 0.492 e. The quantitative estimate of drug-likeness (QED) is 0.179. The third-order valence-corrected chi connectivity index (χ3v) is 8.00. The summed E-state index contributed by atoms with van der Waals surface area (Å²) in [6.45, 7) is 8.84. The second-order valence-electron chi connectivity index (χ2n) is 12.0. The third kappa shape index (κ3) is 6.71. The van der Waals surface area contributed by atoms with Gasteiger partial charge in [0.15, 0.2) is 5.75 Å². The van der Waals surface area contributed by atoms with Crippen LogP contribution in [0.15, 0.2) is 78.9 Å². The highest BCUT2D eigenvalue weighted by Gasteiger charge is 2.34. The first-order chi connectivity index (χ1) is 21.5. The van der Waals surface area contributed by atoms with Gasteiger partial charge in [0.05, 0.1) is 36.8 Å². The van der Waals surface area contributed by atoms with Crippen LogP contribution in [-0.2, 0) is 10.2 Å². The zero-order chi connectivity index (χ0) is 32.3. The van der Waals surface area contributed by atoms with Gasteiger partial charge in [-0.3, -0.25) is 10.1 Å². The third-order valence-electron chi connectivity index (χ3n) is 8.00. The van der Waals surface area contributed by atoms with Crippen molar-refractivity contribution in [3.63, 3.8) is 0 Å². The van der Waals surface area contributed by atoms with Crippen molar-refractivity contribution in [3.8, 4) is 5.75 Å². The number of morpholine rings is 1. The molecule has 4 N–H and O–H groups in total.